The topological polar surface area (TPSA) is 54.9 Å². The number of unbranched alkanes of at least 4 members (excludes halogenated alkanes) is 1. The van der Waals surface area contributed by atoms with Gasteiger partial charge in [0.25, 0.3) is 0 Å². The fourth-order valence-corrected chi connectivity index (χ4v) is 3.73. The molecular formula is C16H21N3OS2. The molecule has 2 heterocycles. The summed E-state index contributed by atoms with van der Waals surface area (Å²) in [5, 5.41) is 4.93. The molecule has 0 fully saturated rings. The van der Waals surface area contributed by atoms with E-state index in [4.69, 9.17) is 0 Å². The van der Waals surface area contributed by atoms with Crippen LogP contribution in [0.5, 0.6) is 0 Å². The zero-order valence-electron chi connectivity index (χ0n) is 12.7. The SMILES string of the molecule is CCSc1nc(CC(=O)NCCCCc2ccccn2)cs1. The van der Waals surface area contributed by atoms with Crippen molar-refractivity contribution in [3.63, 3.8) is 0 Å². The Morgan fingerprint density at radius 1 is 1.32 bits per heavy atom. The highest BCUT2D eigenvalue weighted by Gasteiger charge is 2.07. The van der Waals surface area contributed by atoms with E-state index in [9.17, 15) is 4.79 Å². The van der Waals surface area contributed by atoms with Crippen molar-refractivity contribution in [2.24, 2.45) is 0 Å². The maximum absolute atomic E-state index is 11.8. The largest absolute Gasteiger partial charge is 0.356 e. The smallest absolute Gasteiger partial charge is 0.226 e. The third-order valence-corrected chi connectivity index (χ3v) is 5.00. The maximum atomic E-state index is 11.8. The minimum atomic E-state index is 0.0520. The molecule has 0 aliphatic rings. The van der Waals surface area contributed by atoms with E-state index in [2.05, 4.69) is 22.2 Å². The first-order valence-electron chi connectivity index (χ1n) is 7.51. The van der Waals surface area contributed by atoms with Crippen LogP contribution in [-0.2, 0) is 17.6 Å². The zero-order chi connectivity index (χ0) is 15.6. The van der Waals surface area contributed by atoms with Gasteiger partial charge in [0.15, 0.2) is 0 Å². The number of nitrogens with zero attached hydrogens (tertiary/aromatic N) is 2. The summed E-state index contributed by atoms with van der Waals surface area (Å²) in [5.41, 5.74) is 1.98. The molecule has 0 saturated heterocycles. The fourth-order valence-electron chi connectivity index (χ4n) is 1.99. The number of thioether (sulfide) groups is 1. The summed E-state index contributed by atoms with van der Waals surface area (Å²) in [6.45, 7) is 2.82. The molecule has 2 aromatic rings. The van der Waals surface area contributed by atoms with Crippen LogP contribution < -0.4 is 5.32 Å². The highest BCUT2D eigenvalue weighted by molar-refractivity contribution is 8.00. The monoisotopic (exact) mass is 335 g/mol. The molecule has 118 valence electrons. The molecule has 0 radical (unpaired) electrons. The van der Waals surface area contributed by atoms with E-state index in [1.807, 2.05) is 29.8 Å². The van der Waals surface area contributed by atoms with Crippen molar-refractivity contribution in [1.82, 2.24) is 15.3 Å². The van der Waals surface area contributed by atoms with Gasteiger partial charge in [-0.15, -0.1) is 11.3 Å². The number of amides is 1. The van der Waals surface area contributed by atoms with Gasteiger partial charge in [0.1, 0.15) is 4.34 Å². The average Bonchev–Trinajstić information content (AvgIpc) is 2.95. The van der Waals surface area contributed by atoms with Gasteiger partial charge in [-0.2, -0.15) is 0 Å². The summed E-state index contributed by atoms with van der Waals surface area (Å²) >= 11 is 3.33. The maximum Gasteiger partial charge on any atom is 0.226 e. The number of carbonyl (C=O) groups excluding carboxylic acids is 1. The second-order valence-electron chi connectivity index (χ2n) is 4.84. The predicted octanol–water partition coefficient (Wildman–Crippen LogP) is 3.33. The van der Waals surface area contributed by atoms with E-state index < -0.39 is 0 Å². The van der Waals surface area contributed by atoms with Gasteiger partial charge in [-0.05, 0) is 37.1 Å². The highest BCUT2D eigenvalue weighted by Crippen LogP contribution is 2.22. The van der Waals surface area contributed by atoms with Crippen LogP contribution in [0.1, 0.15) is 31.2 Å². The summed E-state index contributed by atoms with van der Waals surface area (Å²) in [4.78, 5) is 20.6. The third kappa shape index (κ3) is 6.15. The van der Waals surface area contributed by atoms with Crippen LogP contribution in [0.2, 0.25) is 0 Å². The van der Waals surface area contributed by atoms with Crippen LogP contribution in [-0.4, -0.2) is 28.2 Å². The number of thiazole rings is 1. The molecule has 1 N–H and O–H groups in total. The Balaban J connectivity index is 1.59. The first kappa shape index (κ1) is 17.0. The number of hydrogen-bond acceptors (Lipinski definition) is 5. The molecule has 0 saturated carbocycles. The van der Waals surface area contributed by atoms with Crippen molar-refractivity contribution < 1.29 is 4.79 Å². The van der Waals surface area contributed by atoms with Gasteiger partial charge >= 0.3 is 0 Å². The molecule has 2 rings (SSSR count). The van der Waals surface area contributed by atoms with E-state index in [0.717, 1.165) is 40.7 Å². The van der Waals surface area contributed by atoms with E-state index in [1.54, 1.807) is 23.1 Å². The minimum absolute atomic E-state index is 0.0520. The van der Waals surface area contributed by atoms with E-state index in [-0.39, 0.29) is 5.91 Å². The molecule has 22 heavy (non-hydrogen) atoms. The van der Waals surface area contributed by atoms with Gasteiger partial charge in [0.2, 0.25) is 5.91 Å². The van der Waals surface area contributed by atoms with Crippen molar-refractivity contribution in [3.05, 3.63) is 41.2 Å². The Hall–Kier alpha value is -1.40. The van der Waals surface area contributed by atoms with Gasteiger partial charge in [-0.3, -0.25) is 9.78 Å². The van der Waals surface area contributed by atoms with E-state index in [0.29, 0.717) is 13.0 Å². The molecule has 0 atom stereocenters. The summed E-state index contributed by atoms with van der Waals surface area (Å²) in [6.07, 6.45) is 5.15. The molecule has 1 amide bonds. The lowest BCUT2D eigenvalue weighted by atomic mass is 10.2. The normalized spacial score (nSPS) is 10.6. The van der Waals surface area contributed by atoms with Crippen LogP contribution in [0.25, 0.3) is 0 Å². The average molecular weight is 335 g/mol. The second-order valence-corrected chi connectivity index (χ2v) is 7.21. The standard InChI is InChI=1S/C16H21N3OS2/c1-2-21-16-19-14(12-22-16)11-15(20)18-10-6-4-8-13-7-3-5-9-17-13/h3,5,7,9,12H,2,4,6,8,10-11H2,1H3,(H,18,20). The summed E-state index contributed by atoms with van der Waals surface area (Å²) < 4.78 is 1.04. The van der Waals surface area contributed by atoms with Crippen LogP contribution in [0.4, 0.5) is 0 Å². The highest BCUT2D eigenvalue weighted by atomic mass is 32.2. The molecule has 6 heteroatoms. The van der Waals surface area contributed by atoms with Gasteiger partial charge in [0, 0.05) is 23.8 Å². The van der Waals surface area contributed by atoms with Crippen LogP contribution in [0.15, 0.2) is 34.1 Å². The second kappa shape index (κ2) is 9.58. The van der Waals surface area contributed by atoms with Gasteiger partial charge in [-0.25, -0.2) is 4.98 Å². The van der Waals surface area contributed by atoms with Crippen LogP contribution in [0, 0.1) is 0 Å². The van der Waals surface area contributed by atoms with Crippen LogP contribution >= 0.6 is 23.1 Å². The third-order valence-electron chi connectivity index (χ3n) is 3.05. The Morgan fingerprint density at radius 2 is 2.23 bits per heavy atom. The summed E-state index contributed by atoms with van der Waals surface area (Å²) in [5.74, 6) is 1.06. The molecule has 2 aromatic heterocycles. The van der Waals surface area contributed by atoms with E-state index >= 15 is 0 Å². The Kier molecular flexibility index (Phi) is 7.39. The number of rotatable bonds is 9. The van der Waals surface area contributed by atoms with Crippen molar-refractivity contribution >= 4 is 29.0 Å². The number of nitrogens with one attached hydrogen (secondary N) is 1. The lowest BCUT2D eigenvalue weighted by Crippen LogP contribution is -2.26. The molecule has 0 unspecified atom stereocenters. The van der Waals surface area contributed by atoms with Gasteiger partial charge in [0.05, 0.1) is 12.1 Å². The first-order chi connectivity index (χ1) is 10.8. The van der Waals surface area contributed by atoms with Crippen molar-refractivity contribution in [3.8, 4) is 0 Å². The number of aryl methyl sites for hydroxylation is 1. The van der Waals surface area contributed by atoms with E-state index in [1.165, 1.54) is 0 Å². The number of carbonyl (C=O) groups is 1. The van der Waals surface area contributed by atoms with Gasteiger partial charge < -0.3 is 5.32 Å². The number of pyridine rings is 1. The Bertz CT molecular complexity index is 572. The summed E-state index contributed by atoms with van der Waals surface area (Å²) in [6, 6.07) is 5.96. The quantitative estimate of drug-likeness (QED) is 0.564. The molecule has 0 aliphatic heterocycles. The molecule has 0 aliphatic carbocycles. The lowest BCUT2D eigenvalue weighted by molar-refractivity contribution is -0.120. The zero-order valence-corrected chi connectivity index (χ0v) is 14.4. The molecule has 0 aromatic carbocycles. The first-order valence-corrected chi connectivity index (χ1v) is 9.38. The fraction of sp³-hybridized carbons (Fsp3) is 0.438. The Labute approximate surface area is 139 Å². The molecular weight excluding hydrogens is 314 g/mol. The lowest BCUT2D eigenvalue weighted by Gasteiger charge is -2.04. The predicted molar refractivity (Wildman–Crippen MR) is 92.4 cm³/mol. The van der Waals surface area contributed by atoms with Crippen molar-refractivity contribution in [2.75, 3.05) is 12.3 Å². The van der Waals surface area contributed by atoms with Crippen LogP contribution in [0.3, 0.4) is 0 Å². The Morgan fingerprint density at radius 3 is 3.00 bits per heavy atom. The molecule has 4 nitrogen and oxygen atoms in total. The summed E-state index contributed by atoms with van der Waals surface area (Å²) in [7, 11) is 0. The number of aromatic nitrogens is 2. The number of hydrogen-bond donors (Lipinski definition) is 1. The molecule has 0 spiro atoms. The minimum Gasteiger partial charge on any atom is -0.356 e. The molecule has 0 bridgehead atoms. The van der Waals surface area contributed by atoms with Crippen molar-refractivity contribution in [1.29, 1.82) is 0 Å². The van der Waals surface area contributed by atoms with Crippen molar-refractivity contribution in [2.45, 2.75) is 36.9 Å². The van der Waals surface area contributed by atoms with Gasteiger partial charge in [-0.1, -0.05) is 24.8 Å².